The van der Waals surface area contributed by atoms with Crippen LogP contribution in [0, 0.1) is 5.82 Å². The number of thioether (sulfide) groups is 1. The van der Waals surface area contributed by atoms with Crippen molar-refractivity contribution in [2.24, 2.45) is 4.99 Å². The minimum absolute atomic E-state index is 0.0637. The Balaban J connectivity index is 1.31. The Labute approximate surface area is 242 Å². The van der Waals surface area contributed by atoms with Crippen molar-refractivity contribution in [3.8, 4) is 22.7 Å². The maximum Gasteiger partial charge on any atom is 0.286 e. The third-order valence-corrected chi connectivity index (χ3v) is 7.85. The van der Waals surface area contributed by atoms with Gasteiger partial charge in [-0.15, -0.1) is 0 Å². The van der Waals surface area contributed by atoms with Gasteiger partial charge in [0, 0.05) is 36.0 Å². The minimum Gasteiger partial charge on any atom is -0.489 e. The quantitative estimate of drug-likeness (QED) is 0.253. The lowest BCUT2D eigenvalue weighted by Crippen LogP contribution is -2.47. The lowest BCUT2D eigenvalue weighted by atomic mass is 10.1. The molecule has 1 fully saturated rings. The molecule has 41 heavy (non-hydrogen) atoms. The minimum atomic E-state index is -0.305. The van der Waals surface area contributed by atoms with Crippen molar-refractivity contribution in [3.05, 3.63) is 107 Å². The maximum atomic E-state index is 14.1. The number of morpholine rings is 1. The van der Waals surface area contributed by atoms with Crippen molar-refractivity contribution in [2.75, 3.05) is 13.1 Å². The van der Waals surface area contributed by atoms with Crippen LogP contribution in [0.15, 0.2) is 95.0 Å². The molecule has 7 nitrogen and oxygen atoms in total. The molecule has 3 aromatic carbocycles. The van der Waals surface area contributed by atoms with Gasteiger partial charge in [0.05, 0.1) is 22.8 Å². The Morgan fingerprint density at radius 2 is 1.78 bits per heavy atom. The molecule has 0 bridgehead atoms. The molecule has 0 N–H and O–H groups in total. The second-order valence-corrected chi connectivity index (χ2v) is 11.1. The molecular formula is C32H29FN4O3S. The van der Waals surface area contributed by atoms with Gasteiger partial charge in [0.15, 0.2) is 5.17 Å². The first kappa shape index (κ1) is 27.0. The normalized spacial score (nSPS) is 20.0. The van der Waals surface area contributed by atoms with E-state index in [0.29, 0.717) is 40.2 Å². The van der Waals surface area contributed by atoms with E-state index in [4.69, 9.17) is 14.6 Å². The molecule has 2 atom stereocenters. The first-order valence-corrected chi connectivity index (χ1v) is 14.3. The fraction of sp³-hybridized carbons (Fsp3) is 0.219. The van der Waals surface area contributed by atoms with Crippen LogP contribution < -0.4 is 4.74 Å². The summed E-state index contributed by atoms with van der Waals surface area (Å²) in [6, 6.07) is 23.9. The number of benzene rings is 3. The molecule has 2 unspecified atom stereocenters. The number of hydrogen-bond donors (Lipinski definition) is 0. The summed E-state index contributed by atoms with van der Waals surface area (Å²) >= 11 is 1.38. The second-order valence-electron chi connectivity index (χ2n) is 10.1. The van der Waals surface area contributed by atoms with Crippen molar-refractivity contribution >= 4 is 28.9 Å². The van der Waals surface area contributed by atoms with E-state index >= 15 is 0 Å². The molecule has 3 heterocycles. The van der Waals surface area contributed by atoms with Crippen LogP contribution in [0.3, 0.4) is 0 Å². The highest BCUT2D eigenvalue weighted by Crippen LogP contribution is 2.35. The largest absolute Gasteiger partial charge is 0.489 e. The summed E-state index contributed by atoms with van der Waals surface area (Å²) in [7, 11) is 0. The predicted molar refractivity (Wildman–Crippen MR) is 159 cm³/mol. The van der Waals surface area contributed by atoms with Gasteiger partial charge in [0.25, 0.3) is 5.91 Å². The summed E-state index contributed by atoms with van der Waals surface area (Å²) in [5.74, 6) is 0.0174. The Bertz CT molecular complexity index is 1620. The zero-order chi connectivity index (χ0) is 28.3. The molecular weight excluding hydrogens is 539 g/mol. The standard InChI is InChI=1S/C32H29FN4O3S/c1-21-17-36(18-22(2)40-21)32-34-31(38)29(41-32)16-25-19-37(26-11-4-3-5-12-26)35-30(25)23-10-8-13-27(15-23)39-20-24-9-6-7-14-28(24)33/h3-16,19,21-22H,17-18,20H2,1-2H3. The number of aromatic nitrogens is 2. The summed E-state index contributed by atoms with van der Waals surface area (Å²) in [5, 5.41) is 5.59. The van der Waals surface area contributed by atoms with Gasteiger partial charge < -0.3 is 14.4 Å². The van der Waals surface area contributed by atoms with Crippen LogP contribution in [-0.4, -0.2) is 51.1 Å². The Morgan fingerprint density at radius 3 is 2.56 bits per heavy atom. The summed E-state index contributed by atoms with van der Waals surface area (Å²) in [4.78, 5) is 20.0. The number of rotatable bonds is 6. The Hall–Kier alpha value is -4.21. The van der Waals surface area contributed by atoms with Gasteiger partial charge in [0.2, 0.25) is 0 Å². The maximum absolute atomic E-state index is 14.1. The molecule has 0 spiro atoms. The summed E-state index contributed by atoms with van der Waals surface area (Å²) in [6.45, 7) is 5.54. The lowest BCUT2D eigenvalue weighted by molar-refractivity contribution is -0.113. The van der Waals surface area contributed by atoms with Crippen molar-refractivity contribution in [1.82, 2.24) is 14.7 Å². The first-order valence-electron chi connectivity index (χ1n) is 13.5. The third kappa shape index (κ3) is 6.11. The Morgan fingerprint density at radius 1 is 1.02 bits per heavy atom. The Kier molecular flexibility index (Phi) is 7.71. The van der Waals surface area contributed by atoms with Crippen molar-refractivity contribution < 1.29 is 18.7 Å². The summed E-state index contributed by atoms with van der Waals surface area (Å²) < 4.78 is 27.7. The van der Waals surface area contributed by atoms with E-state index in [2.05, 4.69) is 9.89 Å². The van der Waals surface area contributed by atoms with Gasteiger partial charge >= 0.3 is 0 Å². The zero-order valence-corrected chi connectivity index (χ0v) is 23.6. The number of halogens is 1. The number of hydrogen-bond acceptors (Lipinski definition) is 6. The molecule has 1 saturated heterocycles. The predicted octanol–water partition coefficient (Wildman–Crippen LogP) is 6.34. The van der Waals surface area contributed by atoms with E-state index in [1.807, 2.05) is 80.7 Å². The van der Waals surface area contributed by atoms with E-state index in [1.54, 1.807) is 22.9 Å². The van der Waals surface area contributed by atoms with Crippen LogP contribution in [0.2, 0.25) is 0 Å². The number of amidine groups is 1. The van der Waals surface area contributed by atoms with Crippen LogP contribution in [0.25, 0.3) is 23.0 Å². The number of ether oxygens (including phenoxy) is 2. The van der Waals surface area contributed by atoms with E-state index < -0.39 is 0 Å². The van der Waals surface area contributed by atoms with Crippen molar-refractivity contribution in [2.45, 2.75) is 32.7 Å². The van der Waals surface area contributed by atoms with Crippen LogP contribution in [0.1, 0.15) is 25.0 Å². The fourth-order valence-corrected chi connectivity index (χ4v) is 5.87. The molecule has 0 aliphatic carbocycles. The van der Waals surface area contributed by atoms with Crippen LogP contribution in [-0.2, 0) is 16.1 Å². The van der Waals surface area contributed by atoms with Crippen molar-refractivity contribution in [3.63, 3.8) is 0 Å². The number of nitrogens with zero attached hydrogens (tertiary/aromatic N) is 4. The molecule has 4 aromatic rings. The molecule has 9 heteroatoms. The van der Waals surface area contributed by atoms with Gasteiger partial charge in [-0.25, -0.2) is 9.07 Å². The van der Waals surface area contributed by atoms with Crippen LogP contribution >= 0.6 is 11.8 Å². The molecule has 0 saturated carbocycles. The van der Waals surface area contributed by atoms with E-state index in [0.717, 1.165) is 16.8 Å². The average molecular weight is 569 g/mol. The number of amides is 1. The van der Waals surface area contributed by atoms with Gasteiger partial charge in [-0.1, -0.05) is 48.5 Å². The molecule has 1 aromatic heterocycles. The highest BCUT2D eigenvalue weighted by atomic mass is 32.2. The number of para-hydroxylation sites is 1. The zero-order valence-electron chi connectivity index (χ0n) is 22.7. The van der Waals surface area contributed by atoms with Gasteiger partial charge in [-0.2, -0.15) is 10.1 Å². The number of carbonyl (C=O) groups is 1. The smallest absolute Gasteiger partial charge is 0.286 e. The summed E-state index contributed by atoms with van der Waals surface area (Å²) in [6.07, 6.45) is 3.89. The van der Waals surface area contributed by atoms with Gasteiger partial charge in [0.1, 0.15) is 23.9 Å². The van der Waals surface area contributed by atoms with Gasteiger partial charge in [-0.3, -0.25) is 4.79 Å². The highest BCUT2D eigenvalue weighted by Gasteiger charge is 2.31. The molecule has 2 aliphatic rings. The molecule has 208 valence electrons. The fourth-order valence-electron chi connectivity index (χ4n) is 4.95. The van der Waals surface area contributed by atoms with E-state index in [9.17, 15) is 9.18 Å². The van der Waals surface area contributed by atoms with E-state index in [-0.39, 0.29) is 30.5 Å². The third-order valence-electron chi connectivity index (χ3n) is 6.81. The number of aliphatic imine (C=N–C) groups is 1. The monoisotopic (exact) mass is 568 g/mol. The SMILES string of the molecule is CC1CN(C2=NC(=O)C(=Cc3cn(-c4ccccc4)nc3-c3cccc(OCc4ccccc4F)c3)S2)CC(C)O1. The van der Waals surface area contributed by atoms with Crippen LogP contribution in [0.5, 0.6) is 5.75 Å². The second kappa shape index (κ2) is 11.7. The molecule has 6 rings (SSSR count). The highest BCUT2D eigenvalue weighted by molar-refractivity contribution is 8.18. The summed E-state index contributed by atoms with van der Waals surface area (Å²) in [5.41, 5.74) is 3.64. The average Bonchev–Trinajstić information content (AvgIpc) is 3.56. The van der Waals surface area contributed by atoms with Crippen molar-refractivity contribution in [1.29, 1.82) is 0 Å². The lowest BCUT2D eigenvalue weighted by Gasteiger charge is -2.35. The topological polar surface area (TPSA) is 69.0 Å². The molecule has 0 radical (unpaired) electrons. The van der Waals surface area contributed by atoms with Gasteiger partial charge in [-0.05, 0) is 62.0 Å². The molecule has 1 amide bonds. The number of carbonyl (C=O) groups excluding carboxylic acids is 1. The molecule has 2 aliphatic heterocycles. The van der Waals surface area contributed by atoms with E-state index in [1.165, 1.54) is 17.8 Å². The first-order chi connectivity index (χ1) is 19.9. The van der Waals surface area contributed by atoms with Crippen LogP contribution in [0.4, 0.5) is 4.39 Å².